The van der Waals surface area contributed by atoms with Crippen molar-refractivity contribution in [1.29, 1.82) is 0 Å². The third-order valence-electron chi connectivity index (χ3n) is 3.34. The molecule has 0 unspecified atom stereocenters. The number of aryl methyl sites for hydroxylation is 1. The highest BCUT2D eigenvalue weighted by Crippen LogP contribution is 2.37. The number of aliphatic hydroxyl groups is 1. The van der Waals surface area contributed by atoms with Crippen LogP contribution in [0, 0.1) is 0 Å². The minimum Gasteiger partial charge on any atom is -0.490 e. The summed E-state index contributed by atoms with van der Waals surface area (Å²) < 4.78 is 11.2. The zero-order valence-electron chi connectivity index (χ0n) is 11.2. The number of hydrogen-bond donors (Lipinski definition) is 1. The molecule has 1 aromatic rings. The Bertz CT molecular complexity index is 401. The minimum absolute atomic E-state index is 0.364. The lowest BCUT2D eigenvalue weighted by Crippen LogP contribution is -2.04. The molecule has 3 heteroatoms. The highest BCUT2D eigenvalue weighted by molar-refractivity contribution is 5.48. The van der Waals surface area contributed by atoms with Gasteiger partial charge >= 0.3 is 0 Å². The second-order valence-corrected chi connectivity index (χ2v) is 4.63. The van der Waals surface area contributed by atoms with Crippen LogP contribution in [0.15, 0.2) is 12.1 Å². The molecule has 100 valence electrons. The molecule has 0 aliphatic heterocycles. The predicted octanol–water partition coefficient (Wildman–Crippen LogP) is 3.24. The van der Waals surface area contributed by atoms with Gasteiger partial charge < -0.3 is 14.6 Å². The summed E-state index contributed by atoms with van der Waals surface area (Å²) in [5, 5.41) is 10.2. The maximum atomic E-state index is 10.2. The van der Waals surface area contributed by atoms with Crippen molar-refractivity contribution in [3.63, 3.8) is 0 Å². The Balaban J connectivity index is 2.40. The van der Waals surface area contributed by atoms with Crippen molar-refractivity contribution in [2.45, 2.75) is 45.6 Å². The first kappa shape index (κ1) is 13.2. The molecule has 0 saturated heterocycles. The van der Waals surface area contributed by atoms with Crippen LogP contribution in [0.5, 0.6) is 11.5 Å². The smallest absolute Gasteiger partial charge is 0.161 e. The number of rotatable bonds is 4. The van der Waals surface area contributed by atoms with Crippen molar-refractivity contribution < 1.29 is 14.6 Å². The van der Waals surface area contributed by atoms with E-state index in [1.807, 2.05) is 26.0 Å². The molecule has 1 atom stereocenters. The molecular formula is C15H22O3. The van der Waals surface area contributed by atoms with Crippen LogP contribution in [0.3, 0.4) is 0 Å². The molecule has 18 heavy (non-hydrogen) atoms. The Morgan fingerprint density at radius 2 is 1.78 bits per heavy atom. The van der Waals surface area contributed by atoms with Gasteiger partial charge in [0.15, 0.2) is 11.5 Å². The molecule has 0 saturated carbocycles. The van der Waals surface area contributed by atoms with Crippen molar-refractivity contribution in [3.05, 3.63) is 23.3 Å². The van der Waals surface area contributed by atoms with Crippen molar-refractivity contribution in [3.8, 4) is 11.5 Å². The summed E-state index contributed by atoms with van der Waals surface area (Å²) in [7, 11) is 0. The summed E-state index contributed by atoms with van der Waals surface area (Å²) in [5.74, 6) is 1.55. The Morgan fingerprint density at radius 3 is 2.44 bits per heavy atom. The average molecular weight is 250 g/mol. The molecule has 3 nitrogen and oxygen atoms in total. The van der Waals surface area contributed by atoms with Crippen LogP contribution in [0.1, 0.15) is 50.3 Å². The van der Waals surface area contributed by atoms with E-state index in [9.17, 15) is 5.11 Å². The van der Waals surface area contributed by atoms with Crippen LogP contribution in [0.4, 0.5) is 0 Å². The van der Waals surface area contributed by atoms with Gasteiger partial charge in [-0.1, -0.05) is 6.42 Å². The third kappa shape index (κ3) is 2.78. The third-order valence-corrected chi connectivity index (χ3v) is 3.34. The summed E-state index contributed by atoms with van der Waals surface area (Å²) in [6.07, 6.45) is 3.69. The van der Waals surface area contributed by atoms with Gasteiger partial charge in [0.2, 0.25) is 0 Å². The lowest BCUT2D eigenvalue weighted by atomic mass is 10.00. The van der Waals surface area contributed by atoms with E-state index in [0.29, 0.717) is 13.2 Å². The molecule has 0 radical (unpaired) electrons. The molecule has 2 rings (SSSR count). The number of fused-ring (bicyclic) bond motifs is 1. The van der Waals surface area contributed by atoms with Gasteiger partial charge in [-0.15, -0.1) is 0 Å². The SMILES string of the molecule is CCOc1cc2c(cc1OCC)[C@@H](O)CCCC2. The molecule has 0 aromatic heterocycles. The monoisotopic (exact) mass is 250 g/mol. The number of ether oxygens (including phenoxy) is 2. The number of aliphatic hydroxyl groups excluding tert-OH is 1. The van der Waals surface area contributed by atoms with Gasteiger partial charge in [-0.2, -0.15) is 0 Å². The lowest BCUT2D eigenvalue weighted by molar-refractivity contribution is 0.166. The summed E-state index contributed by atoms with van der Waals surface area (Å²) in [6, 6.07) is 4.00. The molecule has 1 aliphatic rings. The van der Waals surface area contributed by atoms with E-state index in [-0.39, 0.29) is 6.10 Å². The Kier molecular flexibility index (Phi) is 4.48. The predicted molar refractivity (Wildman–Crippen MR) is 71.3 cm³/mol. The lowest BCUT2D eigenvalue weighted by Gasteiger charge is -2.17. The zero-order valence-corrected chi connectivity index (χ0v) is 11.2. The number of benzene rings is 1. The van der Waals surface area contributed by atoms with Crippen LogP contribution < -0.4 is 9.47 Å². The summed E-state index contributed by atoms with van der Waals surface area (Å²) in [6.45, 7) is 5.16. The first-order chi connectivity index (χ1) is 8.76. The van der Waals surface area contributed by atoms with Gasteiger partial charge in [-0.25, -0.2) is 0 Å². The van der Waals surface area contributed by atoms with Crippen molar-refractivity contribution in [2.75, 3.05) is 13.2 Å². The van der Waals surface area contributed by atoms with Gasteiger partial charge in [0.05, 0.1) is 19.3 Å². The van der Waals surface area contributed by atoms with Gasteiger partial charge in [-0.05, 0) is 56.4 Å². The van der Waals surface area contributed by atoms with Crippen molar-refractivity contribution >= 4 is 0 Å². The topological polar surface area (TPSA) is 38.7 Å². The fourth-order valence-electron chi connectivity index (χ4n) is 2.49. The fraction of sp³-hybridized carbons (Fsp3) is 0.600. The van der Waals surface area contributed by atoms with E-state index in [0.717, 1.165) is 42.7 Å². The first-order valence-corrected chi connectivity index (χ1v) is 6.86. The molecule has 0 bridgehead atoms. The highest BCUT2D eigenvalue weighted by atomic mass is 16.5. The van der Waals surface area contributed by atoms with E-state index in [2.05, 4.69) is 0 Å². The molecular weight excluding hydrogens is 228 g/mol. The summed E-state index contributed by atoms with van der Waals surface area (Å²) in [4.78, 5) is 0. The Morgan fingerprint density at radius 1 is 1.11 bits per heavy atom. The molecule has 1 N–H and O–H groups in total. The van der Waals surface area contributed by atoms with E-state index < -0.39 is 0 Å². The normalized spacial score (nSPS) is 18.9. The second kappa shape index (κ2) is 6.10. The quantitative estimate of drug-likeness (QED) is 0.834. The van der Waals surface area contributed by atoms with Crippen LogP contribution in [0.2, 0.25) is 0 Å². The van der Waals surface area contributed by atoms with Gasteiger partial charge in [0.1, 0.15) is 0 Å². The Labute approximate surface area is 109 Å². The molecule has 0 spiro atoms. The minimum atomic E-state index is -0.364. The van der Waals surface area contributed by atoms with E-state index >= 15 is 0 Å². The maximum absolute atomic E-state index is 10.2. The molecule has 1 aromatic carbocycles. The Hall–Kier alpha value is -1.22. The largest absolute Gasteiger partial charge is 0.490 e. The van der Waals surface area contributed by atoms with Crippen molar-refractivity contribution in [1.82, 2.24) is 0 Å². The van der Waals surface area contributed by atoms with Gasteiger partial charge in [0, 0.05) is 0 Å². The van der Waals surface area contributed by atoms with Crippen LogP contribution in [-0.4, -0.2) is 18.3 Å². The number of hydrogen-bond acceptors (Lipinski definition) is 3. The molecule has 0 heterocycles. The van der Waals surface area contributed by atoms with E-state index in [4.69, 9.17) is 9.47 Å². The van der Waals surface area contributed by atoms with Gasteiger partial charge in [-0.3, -0.25) is 0 Å². The molecule has 0 fully saturated rings. The summed E-state index contributed by atoms with van der Waals surface area (Å²) >= 11 is 0. The highest BCUT2D eigenvalue weighted by Gasteiger charge is 2.19. The maximum Gasteiger partial charge on any atom is 0.161 e. The molecule has 1 aliphatic carbocycles. The molecule has 0 amide bonds. The van der Waals surface area contributed by atoms with Crippen molar-refractivity contribution in [2.24, 2.45) is 0 Å². The second-order valence-electron chi connectivity index (χ2n) is 4.63. The van der Waals surface area contributed by atoms with Gasteiger partial charge in [0.25, 0.3) is 0 Å². The standard InChI is InChI=1S/C15H22O3/c1-3-17-14-9-11-7-5-6-8-13(16)12(11)10-15(14)18-4-2/h9-10,13,16H,3-8H2,1-2H3/t13-/m0/s1. The average Bonchev–Trinajstić information content (AvgIpc) is 2.53. The zero-order chi connectivity index (χ0) is 13.0. The van der Waals surface area contributed by atoms with Crippen LogP contribution >= 0.6 is 0 Å². The summed E-state index contributed by atoms with van der Waals surface area (Å²) in [5.41, 5.74) is 2.21. The van der Waals surface area contributed by atoms with Crippen LogP contribution in [0.25, 0.3) is 0 Å². The van der Waals surface area contributed by atoms with E-state index in [1.54, 1.807) is 0 Å². The fourth-order valence-corrected chi connectivity index (χ4v) is 2.49. The van der Waals surface area contributed by atoms with E-state index in [1.165, 1.54) is 5.56 Å². The first-order valence-electron chi connectivity index (χ1n) is 6.86. The van der Waals surface area contributed by atoms with Crippen LogP contribution in [-0.2, 0) is 6.42 Å².